The van der Waals surface area contributed by atoms with Crippen molar-refractivity contribution in [3.8, 4) is 0 Å². The maximum absolute atomic E-state index is 9.19. The molecule has 84 valence electrons. The van der Waals surface area contributed by atoms with E-state index in [2.05, 4.69) is 25.7 Å². The summed E-state index contributed by atoms with van der Waals surface area (Å²) in [4.78, 5) is 2.48. The van der Waals surface area contributed by atoms with Crippen LogP contribution >= 0.6 is 0 Å². The molecule has 1 saturated carbocycles. The van der Waals surface area contributed by atoms with Gasteiger partial charge in [-0.1, -0.05) is 6.92 Å². The molecule has 0 saturated heterocycles. The first-order valence-corrected chi connectivity index (χ1v) is 5.68. The van der Waals surface area contributed by atoms with Crippen LogP contribution in [0.2, 0.25) is 0 Å². The van der Waals surface area contributed by atoms with Crippen LogP contribution in [0.3, 0.4) is 0 Å². The lowest BCUT2D eigenvalue weighted by molar-refractivity contribution is 0.144. The number of rotatable bonds is 4. The minimum Gasteiger partial charge on any atom is -0.394 e. The van der Waals surface area contributed by atoms with E-state index in [-0.39, 0.29) is 12.1 Å². The van der Waals surface area contributed by atoms with E-state index in [1.54, 1.807) is 0 Å². The predicted octanol–water partition coefficient (Wildman–Crippen LogP) is 0.959. The van der Waals surface area contributed by atoms with Gasteiger partial charge in [-0.05, 0) is 39.7 Å². The molecule has 1 aliphatic rings. The molecule has 2 atom stereocenters. The third kappa shape index (κ3) is 2.47. The number of nitrogens with two attached hydrogens (primary N) is 1. The summed E-state index contributed by atoms with van der Waals surface area (Å²) in [5.41, 5.74) is 5.75. The maximum Gasteiger partial charge on any atom is 0.0611 e. The van der Waals surface area contributed by atoms with Crippen molar-refractivity contribution < 1.29 is 5.11 Å². The van der Waals surface area contributed by atoms with Gasteiger partial charge in [-0.3, -0.25) is 4.90 Å². The zero-order valence-electron chi connectivity index (χ0n) is 9.66. The first kappa shape index (κ1) is 12.0. The molecule has 1 aliphatic carbocycles. The van der Waals surface area contributed by atoms with Crippen molar-refractivity contribution in [2.75, 3.05) is 13.2 Å². The zero-order chi connectivity index (χ0) is 10.8. The van der Waals surface area contributed by atoms with Crippen LogP contribution in [0, 0.1) is 0 Å². The fourth-order valence-corrected chi connectivity index (χ4v) is 2.60. The van der Waals surface area contributed by atoms with E-state index in [1.807, 2.05) is 0 Å². The normalized spacial score (nSPS) is 33.2. The molecule has 0 aliphatic heterocycles. The molecule has 2 unspecified atom stereocenters. The average molecular weight is 200 g/mol. The first-order valence-electron chi connectivity index (χ1n) is 5.68. The van der Waals surface area contributed by atoms with Crippen molar-refractivity contribution >= 4 is 0 Å². The van der Waals surface area contributed by atoms with Crippen LogP contribution in [0.15, 0.2) is 0 Å². The van der Waals surface area contributed by atoms with Crippen molar-refractivity contribution in [1.29, 1.82) is 0 Å². The summed E-state index contributed by atoms with van der Waals surface area (Å²) < 4.78 is 0. The molecule has 3 nitrogen and oxygen atoms in total. The summed E-state index contributed by atoms with van der Waals surface area (Å²) in [5, 5.41) is 9.19. The van der Waals surface area contributed by atoms with Crippen LogP contribution in [-0.4, -0.2) is 40.8 Å². The third-order valence-electron chi connectivity index (χ3n) is 3.43. The third-order valence-corrected chi connectivity index (χ3v) is 3.43. The van der Waals surface area contributed by atoms with Gasteiger partial charge in [-0.25, -0.2) is 0 Å². The van der Waals surface area contributed by atoms with Gasteiger partial charge in [0.25, 0.3) is 0 Å². The van der Waals surface area contributed by atoms with E-state index in [9.17, 15) is 5.11 Å². The van der Waals surface area contributed by atoms with Gasteiger partial charge in [0.2, 0.25) is 0 Å². The summed E-state index contributed by atoms with van der Waals surface area (Å²) in [6, 6.07) is 1.14. The number of aliphatic hydroxyl groups excluding tert-OH is 1. The Morgan fingerprint density at radius 3 is 2.57 bits per heavy atom. The van der Waals surface area contributed by atoms with Gasteiger partial charge in [-0.2, -0.15) is 0 Å². The Morgan fingerprint density at radius 1 is 1.57 bits per heavy atom. The smallest absolute Gasteiger partial charge is 0.0611 e. The van der Waals surface area contributed by atoms with E-state index in [1.165, 1.54) is 0 Å². The first-order chi connectivity index (χ1) is 6.52. The molecule has 3 heteroatoms. The van der Waals surface area contributed by atoms with Crippen LogP contribution in [0.5, 0.6) is 0 Å². The van der Waals surface area contributed by atoms with Crippen molar-refractivity contribution in [3.63, 3.8) is 0 Å². The van der Waals surface area contributed by atoms with E-state index in [0.717, 1.165) is 25.8 Å². The summed E-state index contributed by atoms with van der Waals surface area (Å²) in [7, 11) is 0. The fraction of sp³-hybridized carbons (Fsp3) is 1.00. The average Bonchev–Trinajstić information content (AvgIpc) is 2.50. The molecule has 0 spiro atoms. The Morgan fingerprint density at radius 2 is 2.21 bits per heavy atom. The zero-order valence-corrected chi connectivity index (χ0v) is 9.66. The van der Waals surface area contributed by atoms with Gasteiger partial charge in [0.15, 0.2) is 0 Å². The van der Waals surface area contributed by atoms with E-state index in [4.69, 9.17) is 5.73 Å². The van der Waals surface area contributed by atoms with Crippen LogP contribution in [0.25, 0.3) is 0 Å². The van der Waals surface area contributed by atoms with Crippen molar-refractivity contribution in [2.24, 2.45) is 5.73 Å². The standard InChI is InChI=1S/C11H24N2O/c1-4-13(9(2)3)10-5-6-11(12,7-10)8-14/h9-10,14H,4-8,12H2,1-3H3. The van der Waals surface area contributed by atoms with Gasteiger partial charge in [0, 0.05) is 17.6 Å². The number of aliphatic hydroxyl groups is 1. The second kappa shape index (κ2) is 4.60. The van der Waals surface area contributed by atoms with Gasteiger partial charge in [-0.15, -0.1) is 0 Å². The Balaban J connectivity index is 2.55. The molecule has 0 amide bonds. The van der Waals surface area contributed by atoms with Crippen molar-refractivity contribution in [3.05, 3.63) is 0 Å². The van der Waals surface area contributed by atoms with E-state index >= 15 is 0 Å². The molecule has 1 rings (SSSR count). The largest absolute Gasteiger partial charge is 0.394 e. The lowest BCUT2D eigenvalue weighted by Gasteiger charge is -2.32. The second-order valence-corrected chi connectivity index (χ2v) is 4.84. The molecule has 0 heterocycles. The predicted molar refractivity (Wildman–Crippen MR) is 59.2 cm³/mol. The maximum atomic E-state index is 9.19. The van der Waals surface area contributed by atoms with Gasteiger partial charge < -0.3 is 10.8 Å². The molecule has 0 aromatic heterocycles. The minimum absolute atomic E-state index is 0.124. The molecule has 0 radical (unpaired) electrons. The number of hydrogen-bond donors (Lipinski definition) is 2. The second-order valence-electron chi connectivity index (χ2n) is 4.84. The minimum atomic E-state index is -0.313. The van der Waals surface area contributed by atoms with Crippen LogP contribution in [-0.2, 0) is 0 Å². The lowest BCUT2D eigenvalue weighted by Crippen LogP contribution is -2.45. The highest BCUT2D eigenvalue weighted by Crippen LogP contribution is 2.31. The Hall–Kier alpha value is -0.120. The molecule has 0 bridgehead atoms. The molecule has 14 heavy (non-hydrogen) atoms. The van der Waals surface area contributed by atoms with Crippen LogP contribution in [0.1, 0.15) is 40.0 Å². The van der Waals surface area contributed by atoms with Crippen LogP contribution < -0.4 is 5.73 Å². The Kier molecular flexibility index (Phi) is 3.93. The highest BCUT2D eigenvalue weighted by Gasteiger charge is 2.37. The summed E-state index contributed by atoms with van der Waals surface area (Å²) in [5.74, 6) is 0. The SMILES string of the molecule is CCN(C(C)C)C1CCC(N)(CO)C1. The highest BCUT2D eigenvalue weighted by molar-refractivity contribution is 4.97. The number of nitrogens with zero attached hydrogens (tertiary/aromatic N) is 1. The quantitative estimate of drug-likeness (QED) is 0.710. The topological polar surface area (TPSA) is 49.5 Å². The summed E-state index contributed by atoms with van der Waals surface area (Å²) >= 11 is 0. The molecule has 1 fully saturated rings. The van der Waals surface area contributed by atoms with Gasteiger partial charge >= 0.3 is 0 Å². The van der Waals surface area contributed by atoms with Crippen molar-refractivity contribution in [1.82, 2.24) is 4.90 Å². The molecule has 3 N–H and O–H groups in total. The molecular weight excluding hydrogens is 176 g/mol. The monoisotopic (exact) mass is 200 g/mol. The van der Waals surface area contributed by atoms with E-state index in [0.29, 0.717) is 12.1 Å². The lowest BCUT2D eigenvalue weighted by atomic mass is 10.00. The summed E-state index contributed by atoms with van der Waals surface area (Å²) in [6.45, 7) is 7.83. The Labute approximate surface area is 87.3 Å². The molecular formula is C11H24N2O. The van der Waals surface area contributed by atoms with E-state index < -0.39 is 0 Å². The van der Waals surface area contributed by atoms with Gasteiger partial charge in [0.1, 0.15) is 0 Å². The fourth-order valence-electron chi connectivity index (χ4n) is 2.60. The van der Waals surface area contributed by atoms with Crippen LogP contribution in [0.4, 0.5) is 0 Å². The molecule has 0 aromatic carbocycles. The Bertz CT molecular complexity index is 184. The van der Waals surface area contributed by atoms with Gasteiger partial charge in [0.05, 0.1) is 6.61 Å². The summed E-state index contributed by atoms with van der Waals surface area (Å²) in [6.07, 6.45) is 3.02. The van der Waals surface area contributed by atoms with Crippen molar-refractivity contribution in [2.45, 2.75) is 57.7 Å². The highest BCUT2D eigenvalue weighted by atomic mass is 16.3. The molecule has 0 aromatic rings. The number of hydrogen-bond acceptors (Lipinski definition) is 3.